The van der Waals surface area contributed by atoms with Gasteiger partial charge in [0, 0.05) is 18.9 Å². The molecule has 0 aliphatic rings. The first-order chi connectivity index (χ1) is 12.7. The van der Waals surface area contributed by atoms with E-state index in [0.29, 0.717) is 5.56 Å². The average Bonchev–Trinajstić information content (AvgIpc) is 2.55. The third kappa shape index (κ3) is 5.84. The zero-order chi connectivity index (χ0) is 20.1. The SMILES string of the molecule is CC(=O)Nc1cc(C)cc(COc2c(Cl)cc(CCC(=O)O)cc2Cl)c1F. The lowest BCUT2D eigenvalue weighted by Crippen LogP contribution is -2.10. The Labute approximate surface area is 166 Å². The van der Waals surface area contributed by atoms with Crippen LogP contribution >= 0.6 is 23.2 Å². The van der Waals surface area contributed by atoms with Crippen molar-refractivity contribution in [2.24, 2.45) is 0 Å². The van der Waals surface area contributed by atoms with Crippen molar-refractivity contribution in [2.75, 3.05) is 5.32 Å². The van der Waals surface area contributed by atoms with Gasteiger partial charge < -0.3 is 15.2 Å². The summed E-state index contributed by atoms with van der Waals surface area (Å²) < 4.78 is 20.1. The molecule has 27 heavy (non-hydrogen) atoms. The molecule has 0 spiro atoms. The van der Waals surface area contributed by atoms with Gasteiger partial charge >= 0.3 is 5.97 Å². The Morgan fingerprint density at radius 3 is 2.37 bits per heavy atom. The third-order valence-corrected chi connectivity index (χ3v) is 4.22. The van der Waals surface area contributed by atoms with E-state index in [4.69, 9.17) is 33.0 Å². The average molecular weight is 414 g/mol. The molecule has 0 radical (unpaired) electrons. The zero-order valence-electron chi connectivity index (χ0n) is 14.7. The number of halogens is 3. The van der Waals surface area contributed by atoms with Crippen LogP contribution in [-0.4, -0.2) is 17.0 Å². The number of aryl methyl sites for hydroxylation is 2. The Morgan fingerprint density at radius 2 is 1.81 bits per heavy atom. The minimum Gasteiger partial charge on any atom is -0.486 e. The number of hydrogen-bond acceptors (Lipinski definition) is 3. The highest BCUT2D eigenvalue weighted by Crippen LogP contribution is 2.35. The highest BCUT2D eigenvalue weighted by Gasteiger charge is 2.15. The van der Waals surface area contributed by atoms with Crippen molar-refractivity contribution in [1.29, 1.82) is 0 Å². The standard InChI is InChI=1S/C19H18Cl2FNO4/c1-10-5-13(18(22)16(6-10)23-11(2)24)9-27-19-14(20)7-12(8-15(19)21)3-4-17(25)26/h5-8H,3-4,9H2,1-2H3,(H,23,24)(H,25,26). The number of carboxylic acids is 1. The van der Waals surface area contributed by atoms with Crippen molar-refractivity contribution in [3.05, 3.63) is 56.8 Å². The minimum atomic E-state index is -0.924. The van der Waals surface area contributed by atoms with Crippen LogP contribution in [0, 0.1) is 12.7 Å². The number of carboxylic acid groups (broad SMARTS) is 1. The number of benzene rings is 2. The number of aliphatic carboxylic acids is 1. The lowest BCUT2D eigenvalue weighted by atomic mass is 10.1. The van der Waals surface area contributed by atoms with Gasteiger partial charge in [-0.15, -0.1) is 0 Å². The van der Waals surface area contributed by atoms with Gasteiger partial charge in [0.2, 0.25) is 5.91 Å². The van der Waals surface area contributed by atoms with Crippen LogP contribution in [0.3, 0.4) is 0 Å². The van der Waals surface area contributed by atoms with E-state index in [-0.39, 0.29) is 52.4 Å². The number of carbonyl (C=O) groups excluding carboxylic acids is 1. The molecule has 0 bridgehead atoms. The summed E-state index contributed by atoms with van der Waals surface area (Å²) in [5.41, 5.74) is 1.72. The fourth-order valence-corrected chi connectivity index (χ4v) is 3.17. The molecule has 0 atom stereocenters. The molecule has 2 N–H and O–H groups in total. The van der Waals surface area contributed by atoms with Crippen LogP contribution in [0.5, 0.6) is 5.75 Å². The summed E-state index contributed by atoms with van der Waals surface area (Å²) in [6.07, 6.45) is 0.231. The number of amides is 1. The van der Waals surface area contributed by atoms with Crippen LogP contribution < -0.4 is 10.1 Å². The highest BCUT2D eigenvalue weighted by molar-refractivity contribution is 6.37. The van der Waals surface area contributed by atoms with E-state index in [1.54, 1.807) is 25.1 Å². The smallest absolute Gasteiger partial charge is 0.303 e. The molecule has 2 aromatic carbocycles. The molecule has 0 aliphatic carbocycles. The number of rotatable bonds is 7. The Kier molecular flexibility index (Phi) is 7.05. The highest BCUT2D eigenvalue weighted by atomic mass is 35.5. The van der Waals surface area contributed by atoms with Crippen molar-refractivity contribution in [2.45, 2.75) is 33.3 Å². The zero-order valence-corrected chi connectivity index (χ0v) is 16.2. The van der Waals surface area contributed by atoms with Gasteiger partial charge in [-0.2, -0.15) is 0 Å². The molecule has 0 aliphatic heterocycles. The number of hydrogen-bond donors (Lipinski definition) is 2. The molecule has 0 unspecified atom stereocenters. The molecule has 8 heteroatoms. The molecule has 0 aromatic heterocycles. The maximum Gasteiger partial charge on any atom is 0.303 e. The summed E-state index contributed by atoms with van der Waals surface area (Å²) >= 11 is 12.4. The van der Waals surface area contributed by atoms with E-state index >= 15 is 0 Å². The molecule has 0 saturated heterocycles. The predicted molar refractivity (Wildman–Crippen MR) is 102 cm³/mol. The third-order valence-electron chi connectivity index (χ3n) is 3.66. The van der Waals surface area contributed by atoms with Crippen molar-refractivity contribution in [3.8, 4) is 5.75 Å². The lowest BCUT2D eigenvalue weighted by Gasteiger charge is -2.14. The number of anilines is 1. The summed E-state index contributed by atoms with van der Waals surface area (Å²) in [7, 11) is 0. The van der Waals surface area contributed by atoms with Crippen LogP contribution in [0.25, 0.3) is 0 Å². The van der Waals surface area contributed by atoms with E-state index in [2.05, 4.69) is 5.32 Å². The van der Waals surface area contributed by atoms with Gasteiger partial charge in [0.15, 0.2) is 11.6 Å². The molecular formula is C19H18Cl2FNO4. The van der Waals surface area contributed by atoms with Crippen LogP contribution in [-0.2, 0) is 22.6 Å². The molecule has 0 heterocycles. The summed E-state index contributed by atoms with van der Waals surface area (Å²) in [6, 6.07) is 6.27. The minimum absolute atomic E-state index is 0.0483. The van der Waals surface area contributed by atoms with Crippen LogP contribution in [0.1, 0.15) is 30.0 Å². The number of ether oxygens (including phenoxy) is 1. The second-order valence-corrected chi connectivity index (χ2v) is 6.85. The summed E-state index contributed by atoms with van der Waals surface area (Å²) in [4.78, 5) is 21.9. The summed E-state index contributed by atoms with van der Waals surface area (Å²) in [5, 5.41) is 11.6. The fourth-order valence-electron chi connectivity index (χ4n) is 2.53. The lowest BCUT2D eigenvalue weighted by molar-refractivity contribution is -0.137. The summed E-state index contributed by atoms with van der Waals surface area (Å²) in [6.45, 7) is 2.92. The van der Waals surface area contributed by atoms with Crippen molar-refractivity contribution in [3.63, 3.8) is 0 Å². The first kappa shape index (κ1) is 21.0. The second kappa shape index (κ2) is 9.06. The number of carbonyl (C=O) groups is 2. The monoisotopic (exact) mass is 413 g/mol. The van der Waals surface area contributed by atoms with E-state index in [1.165, 1.54) is 13.0 Å². The van der Waals surface area contributed by atoms with Gasteiger partial charge in [0.25, 0.3) is 0 Å². The predicted octanol–water partition coefficient (Wildman–Crippen LogP) is 5.00. The van der Waals surface area contributed by atoms with E-state index in [9.17, 15) is 14.0 Å². The van der Waals surface area contributed by atoms with Gasteiger partial charge in [0.1, 0.15) is 6.61 Å². The Balaban J connectivity index is 2.20. The molecule has 144 valence electrons. The number of nitrogens with one attached hydrogen (secondary N) is 1. The Morgan fingerprint density at radius 1 is 1.19 bits per heavy atom. The van der Waals surface area contributed by atoms with Crippen molar-refractivity contribution < 1.29 is 23.8 Å². The Bertz CT molecular complexity index is 863. The molecule has 1 amide bonds. The van der Waals surface area contributed by atoms with Crippen molar-refractivity contribution in [1.82, 2.24) is 0 Å². The topological polar surface area (TPSA) is 75.6 Å². The molecule has 5 nitrogen and oxygen atoms in total. The molecule has 2 aromatic rings. The van der Waals surface area contributed by atoms with Gasteiger partial charge in [0.05, 0.1) is 15.7 Å². The maximum atomic E-state index is 14.5. The molecule has 0 fully saturated rings. The normalized spacial score (nSPS) is 10.6. The van der Waals surface area contributed by atoms with E-state index in [1.807, 2.05) is 0 Å². The van der Waals surface area contributed by atoms with Crippen LogP contribution in [0.4, 0.5) is 10.1 Å². The molecular weight excluding hydrogens is 396 g/mol. The van der Waals surface area contributed by atoms with E-state index in [0.717, 1.165) is 5.56 Å². The first-order valence-corrected chi connectivity index (χ1v) is 8.82. The summed E-state index contributed by atoms with van der Waals surface area (Å²) in [5.74, 6) is -1.72. The van der Waals surface area contributed by atoms with Gasteiger partial charge in [-0.3, -0.25) is 9.59 Å². The van der Waals surface area contributed by atoms with Crippen LogP contribution in [0.2, 0.25) is 10.0 Å². The largest absolute Gasteiger partial charge is 0.486 e. The Hall–Kier alpha value is -2.31. The molecule has 0 saturated carbocycles. The van der Waals surface area contributed by atoms with Gasteiger partial charge in [-0.1, -0.05) is 23.2 Å². The van der Waals surface area contributed by atoms with Crippen LogP contribution in [0.15, 0.2) is 24.3 Å². The van der Waals surface area contributed by atoms with Gasteiger partial charge in [-0.25, -0.2) is 4.39 Å². The quantitative estimate of drug-likeness (QED) is 0.669. The molecule has 2 rings (SSSR count). The first-order valence-electron chi connectivity index (χ1n) is 8.06. The second-order valence-electron chi connectivity index (χ2n) is 6.04. The maximum absolute atomic E-state index is 14.5. The van der Waals surface area contributed by atoms with Crippen molar-refractivity contribution >= 4 is 40.8 Å². The fraction of sp³-hybridized carbons (Fsp3) is 0.263. The van der Waals surface area contributed by atoms with E-state index < -0.39 is 11.8 Å². The van der Waals surface area contributed by atoms with Gasteiger partial charge in [-0.05, 0) is 48.7 Å².